The molecule has 2 heterocycles. The van der Waals surface area contributed by atoms with Crippen LogP contribution in [0.5, 0.6) is 0 Å². The Bertz CT molecular complexity index is 724. The van der Waals surface area contributed by atoms with Crippen LogP contribution in [0.15, 0.2) is 6.33 Å². The average Bonchev–Trinajstić information content (AvgIpc) is 3.02. The third kappa shape index (κ3) is 5.79. The van der Waals surface area contributed by atoms with Crippen molar-refractivity contribution in [2.24, 2.45) is 0 Å². The second kappa shape index (κ2) is 10.2. The highest BCUT2D eigenvalue weighted by atomic mass is 35.5. The van der Waals surface area contributed by atoms with E-state index in [9.17, 15) is 9.90 Å². The van der Waals surface area contributed by atoms with Crippen molar-refractivity contribution in [3.05, 3.63) is 11.6 Å². The molecule has 2 aromatic heterocycles. The van der Waals surface area contributed by atoms with E-state index in [2.05, 4.69) is 21.9 Å². The summed E-state index contributed by atoms with van der Waals surface area (Å²) in [5, 5.41) is 9.41. The summed E-state index contributed by atoms with van der Waals surface area (Å²) in [5.74, 6) is -0.113. The average molecular weight is 386 g/mol. The van der Waals surface area contributed by atoms with Gasteiger partial charge in [-0.1, -0.05) is 26.2 Å². The van der Waals surface area contributed by atoms with Gasteiger partial charge in [0.25, 0.3) is 0 Å². The number of unbranched alkanes of at least 4 members (excludes halogenated alkanes) is 3. The zero-order valence-corrected chi connectivity index (χ0v) is 15.5. The third-order valence-corrected chi connectivity index (χ3v) is 3.95. The summed E-state index contributed by atoms with van der Waals surface area (Å²) in [4.78, 5) is 23.7. The predicted molar refractivity (Wildman–Crippen MR) is 96.4 cm³/mol. The van der Waals surface area contributed by atoms with E-state index in [4.69, 9.17) is 26.8 Å². The van der Waals surface area contributed by atoms with Gasteiger partial charge < -0.3 is 20.3 Å². The van der Waals surface area contributed by atoms with Crippen LogP contribution in [0.1, 0.15) is 39.0 Å². The minimum absolute atomic E-state index is 0.00691. The van der Waals surface area contributed by atoms with Crippen LogP contribution < -0.4 is 5.73 Å². The van der Waals surface area contributed by atoms with E-state index in [-0.39, 0.29) is 37.0 Å². The Morgan fingerprint density at radius 3 is 2.92 bits per heavy atom. The third-order valence-electron chi connectivity index (χ3n) is 3.78. The van der Waals surface area contributed by atoms with E-state index < -0.39 is 6.10 Å². The highest BCUT2D eigenvalue weighted by Gasteiger charge is 2.14. The fraction of sp³-hybridized carbons (Fsp3) is 0.625. The molecule has 0 aliphatic heterocycles. The van der Waals surface area contributed by atoms with Crippen molar-refractivity contribution in [2.75, 3.05) is 18.9 Å². The standard InChI is InChI=1S/C16H24ClN5O4/c1-2-3-4-5-6-12(24)25-8-11(7-23)26-10-22-9-19-13-14(18)20-16(17)21-15(13)22/h9,11,23H,2-8,10H2,1H3,(H2,18,20,21). The summed E-state index contributed by atoms with van der Waals surface area (Å²) in [7, 11) is 0. The Labute approximate surface area is 156 Å². The van der Waals surface area contributed by atoms with Gasteiger partial charge in [0.05, 0.1) is 12.9 Å². The molecule has 0 aliphatic carbocycles. The van der Waals surface area contributed by atoms with Gasteiger partial charge in [-0.3, -0.25) is 9.36 Å². The van der Waals surface area contributed by atoms with Gasteiger partial charge in [-0.15, -0.1) is 0 Å². The van der Waals surface area contributed by atoms with Crippen molar-refractivity contribution in [1.29, 1.82) is 0 Å². The second-order valence-corrected chi connectivity index (χ2v) is 6.20. The lowest BCUT2D eigenvalue weighted by Gasteiger charge is -2.16. The number of fused-ring (bicyclic) bond motifs is 1. The lowest BCUT2D eigenvalue weighted by molar-refractivity contribution is -0.150. The minimum Gasteiger partial charge on any atom is -0.463 e. The van der Waals surface area contributed by atoms with E-state index >= 15 is 0 Å². The molecule has 2 rings (SSSR count). The highest BCUT2D eigenvalue weighted by Crippen LogP contribution is 2.18. The maximum atomic E-state index is 11.7. The number of hydrogen-bond acceptors (Lipinski definition) is 8. The van der Waals surface area contributed by atoms with Crippen LogP contribution >= 0.6 is 11.6 Å². The van der Waals surface area contributed by atoms with Crippen LogP contribution in [0.4, 0.5) is 5.82 Å². The van der Waals surface area contributed by atoms with Crippen molar-refractivity contribution in [2.45, 2.75) is 51.9 Å². The molecule has 1 unspecified atom stereocenters. The van der Waals surface area contributed by atoms with Crippen molar-refractivity contribution in [3.63, 3.8) is 0 Å². The Morgan fingerprint density at radius 1 is 1.38 bits per heavy atom. The zero-order chi connectivity index (χ0) is 18.9. The monoisotopic (exact) mass is 385 g/mol. The van der Waals surface area contributed by atoms with Gasteiger partial charge in [-0.25, -0.2) is 4.98 Å². The van der Waals surface area contributed by atoms with Crippen LogP contribution in [-0.4, -0.2) is 49.9 Å². The molecular formula is C16H24ClN5O4. The molecule has 2 aromatic rings. The fourth-order valence-corrected chi connectivity index (χ4v) is 2.50. The molecule has 3 N–H and O–H groups in total. The van der Waals surface area contributed by atoms with E-state index in [1.54, 1.807) is 4.57 Å². The van der Waals surface area contributed by atoms with Crippen LogP contribution in [0, 0.1) is 0 Å². The van der Waals surface area contributed by atoms with Gasteiger partial charge >= 0.3 is 5.97 Å². The second-order valence-electron chi connectivity index (χ2n) is 5.86. The molecule has 26 heavy (non-hydrogen) atoms. The number of nitrogens with two attached hydrogens (primary N) is 1. The van der Waals surface area contributed by atoms with Gasteiger partial charge in [0, 0.05) is 6.42 Å². The number of aliphatic hydroxyl groups is 1. The summed E-state index contributed by atoms with van der Waals surface area (Å²) in [6.07, 6.45) is 5.24. The number of aromatic nitrogens is 4. The number of aliphatic hydroxyl groups excluding tert-OH is 1. The number of hydrogen-bond donors (Lipinski definition) is 2. The van der Waals surface area contributed by atoms with Gasteiger partial charge in [0.2, 0.25) is 5.28 Å². The lowest BCUT2D eigenvalue weighted by atomic mass is 10.2. The topological polar surface area (TPSA) is 125 Å². The van der Waals surface area contributed by atoms with Crippen LogP contribution in [0.25, 0.3) is 11.2 Å². The molecule has 1 atom stereocenters. The van der Waals surface area contributed by atoms with Gasteiger partial charge in [-0.2, -0.15) is 9.97 Å². The lowest BCUT2D eigenvalue weighted by Crippen LogP contribution is -2.26. The SMILES string of the molecule is CCCCCCC(=O)OCC(CO)OCn1cnc2c(N)nc(Cl)nc21. The molecule has 0 aromatic carbocycles. The summed E-state index contributed by atoms with van der Waals surface area (Å²) in [5.41, 5.74) is 6.58. The van der Waals surface area contributed by atoms with Gasteiger partial charge in [0.15, 0.2) is 11.5 Å². The molecule has 0 saturated carbocycles. The summed E-state index contributed by atoms with van der Waals surface area (Å²) < 4.78 is 12.3. The summed E-state index contributed by atoms with van der Waals surface area (Å²) >= 11 is 5.81. The first-order valence-corrected chi connectivity index (χ1v) is 8.94. The Morgan fingerprint density at radius 2 is 2.19 bits per heavy atom. The van der Waals surface area contributed by atoms with E-state index in [0.717, 1.165) is 25.7 Å². The van der Waals surface area contributed by atoms with Crippen molar-refractivity contribution in [1.82, 2.24) is 19.5 Å². The van der Waals surface area contributed by atoms with E-state index in [1.807, 2.05) is 0 Å². The van der Waals surface area contributed by atoms with Crippen molar-refractivity contribution in [3.8, 4) is 0 Å². The van der Waals surface area contributed by atoms with Crippen LogP contribution in [0.2, 0.25) is 5.28 Å². The highest BCUT2D eigenvalue weighted by molar-refractivity contribution is 6.28. The quantitative estimate of drug-likeness (QED) is 0.341. The molecule has 10 heteroatoms. The van der Waals surface area contributed by atoms with E-state index in [1.165, 1.54) is 6.33 Å². The van der Waals surface area contributed by atoms with Crippen LogP contribution in [0.3, 0.4) is 0 Å². The molecule has 144 valence electrons. The number of halogens is 1. The number of nitrogen functional groups attached to an aromatic ring is 1. The normalized spacial score (nSPS) is 12.4. The first-order valence-electron chi connectivity index (χ1n) is 8.57. The molecule has 0 spiro atoms. The molecule has 0 amide bonds. The number of ether oxygens (including phenoxy) is 2. The van der Waals surface area contributed by atoms with Gasteiger partial charge in [0.1, 0.15) is 25.0 Å². The number of imidazole rings is 1. The molecule has 0 bridgehead atoms. The number of esters is 1. The largest absolute Gasteiger partial charge is 0.463 e. The minimum atomic E-state index is -0.651. The van der Waals surface area contributed by atoms with Crippen molar-refractivity contribution < 1.29 is 19.4 Å². The molecule has 9 nitrogen and oxygen atoms in total. The number of anilines is 1. The Balaban J connectivity index is 1.82. The molecule has 0 radical (unpaired) electrons. The molecular weight excluding hydrogens is 362 g/mol. The fourth-order valence-electron chi connectivity index (χ4n) is 2.33. The summed E-state index contributed by atoms with van der Waals surface area (Å²) in [6.45, 7) is 1.85. The number of carbonyl (C=O) groups is 1. The predicted octanol–water partition coefficient (Wildman–Crippen LogP) is 1.91. The number of nitrogens with zero attached hydrogens (tertiary/aromatic N) is 4. The van der Waals surface area contributed by atoms with Gasteiger partial charge in [-0.05, 0) is 18.0 Å². The molecule has 0 fully saturated rings. The number of rotatable bonds is 11. The molecule has 0 saturated heterocycles. The molecule has 0 aliphatic rings. The maximum absolute atomic E-state index is 11.7. The maximum Gasteiger partial charge on any atom is 0.305 e. The zero-order valence-electron chi connectivity index (χ0n) is 14.7. The van der Waals surface area contributed by atoms with Crippen molar-refractivity contribution >= 4 is 34.6 Å². The smallest absolute Gasteiger partial charge is 0.305 e. The Kier molecular flexibility index (Phi) is 8.02. The van der Waals surface area contributed by atoms with Crippen LogP contribution in [-0.2, 0) is 21.0 Å². The van der Waals surface area contributed by atoms with E-state index in [0.29, 0.717) is 17.6 Å². The Hall–Kier alpha value is -1.97. The summed E-state index contributed by atoms with van der Waals surface area (Å²) in [6, 6.07) is 0. The first-order chi connectivity index (χ1) is 12.5. The number of carbonyl (C=O) groups excluding carboxylic acids is 1. The first kappa shape index (κ1) is 20.3.